The molecule has 0 spiro atoms. The number of nitrogens with zero attached hydrogens (tertiary/aromatic N) is 4. The van der Waals surface area contributed by atoms with Crippen LogP contribution in [0.2, 0.25) is 0 Å². The van der Waals surface area contributed by atoms with Crippen LogP contribution in [0.5, 0.6) is 0 Å². The minimum absolute atomic E-state index is 0.0490. The predicted octanol–water partition coefficient (Wildman–Crippen LogP) is 6.49. The van der Waals surface area contributed by atoms with E-state index < -0.39 is 0 Å². The van der Waals surface area contributed by atoms with Crippen LogP contribution in [-0.4, -0.2) is 19.6 Å². The smallest absolute Gasteiger partial charge is 0.174 e. The Labute approximate surface area is 212 Å². The first-order valence-electron chi connectivity index (χ1n) is 12.1. The third kappa shape index (κ3) is 4.23. The molecule has 1 N–H and O–H groups in total. The molecule has 3 aromatic heterocycles. The second-order valence-electron chi connectivity index (χ2n) is 9.60. The van der Waals surface area contributed by atoms with Crippen LogP contribution in [0.1, 0.15) is 65.6 Å². The summed E-state index contributed by atoms with van der Waals surface area (Å²) in [6.45, 7) is 10.8. The summed E-state index contributed by atoms with van der Waals surface area (Å²) in [5, 5.41) is 4.29. The Morgan fingerprint density at radius 3 is 2.34 bits per heavy atom. The van der Waals surface area contributed by atoms with Gasteiger partial charge in [-0.05, 0) is 98.1 Å². The van der Waals surface area contributed by atoms with Gasteiger partial charge in [-0.1, -0.05) is 32.0 Å². The van der Waals surface area contributed by atoms with Crippen LogP contribution in [0.15, 0.2) is 73.1 Å². The molecule has 35 heavy (non-hydrogen) atoms. The van der Waals surface area contributed by atoms with Crippen LogP contribution in [0, 0.1) is 20.8 Å². The number of anilines is 1. The average Bonchev–Trinajstić information content (AvgIpc) is 3.34. The fourth-order valence-electron chi connectivity index (χ4n) is 5.05. The number of rotatable bonds is 5. The predicted molar refractivity (Wildman–Crippen MR) is 146 cm³/mol. The van der Waals surface area contributed by atoms with Crippen LogP contribution in [0.4, 0.5) is 5.69 Å². The van der Waals surface area contributed by atoms with E-state index in [2.05, 4.69) is 96.9 Å². The van der Waals surface area contributed by atoms with Gasteiger partial charge in [0, 0.05) is 29.5 Å². The zero-order chi connectivity index (χ0) is 24.7. The van der Waals surface area contributed by atoms with Crippen molar-refractivity contribution in [2.24, 2.45) is 0 Å². The highest BCUT2D eigenvalue weighted by molar-refractivity contribution is 7.80. The molecular weight excluding hydrogens is 450 g/mol. The van der Waals surface area contributed by atoms with Crippen molar-refractivity contribution in [3.05, 3.63) is 107 Å². The Bertz CT molecular complexity index is 1360. The fraction of sp³-hybridized carbons (Fsp3) is 0.276. The van der Waals surface area contributed by atoms with Gasteiger partial charge in [0.2, 0.25) is 0 Å². The molecule has 5 nitrogen and oxygen atoms in total. The van der Waals surface area contributed by atoms with Gasteiger partial charge < -0.3 is 14.8 Å². The minimum Gasteiger partial charge on any atom is -0.351 e. The molecule has 0 bridgehead atoms. The second-order valence-corrected chi connectivity index (χ2v) is 9.98. The molecule has 1 aromatic carbocycles. The van der Waals surface area contributed by atoms with Crippen molar-refractivity contribution in [2.75, 3.05) is 4.90 Å². The highest BCUT2D eigenvalue weighted by Gasteiger charge is 2.42. The van der Waals surface area contributed by atoms with Crippen LogP contribution >= 0.6 is 12.2 Å². The molecule has 6 heteroatoms. The first-order chi connectivity index (χ1) is 16.8. The Morgan fingerprint density at radius 2 is 1.69 bits per heavy atom. The van der Waals surface area contributed by atoms with Crippen molar-refractivity contribution < 1.29 is 0 Å². The van der Waals surface area contributed by atoms with E-state index in [0.29, 0.717) is 11.0 Å². The summed E-state index contributed by atoms with van der Waals surface area (Å²) < 4.78 is 2.24. The largest absolute Gasteiger partial charge is 0.351 e. The molecule has 2 atom stereocenters. The van der Waals surface area contributed by atoms with E-state index in [9.17, 15) is 0 Å². The normalized spacial score (nSPS) is 17.8. The highest BCUT2D eigenvalue weighted by atomic mass is 32.1. The van der Waals surface area contributed by atoms with E-state index in [1.54, 1.807) is 0 Å². The molecule has 4 aromatic rings. The Balaban J connectivity index is 1.66. The summed E-state index contributed by atoms with van der Waals surface area (Å²) in [4.78, 5) is 11.6. The van der Waals surface area contributed by atoms with E-state index in [1.165, 1.54) is 16.7 Å². The number of hydrogen-bond acceptors (Lipinski definition) is 3. The van der Waals surface area contributed by atoms with Crippen molar-refractivity contribution in [2.45, 2.75) is 52.6 Å². The maximum Gasteiger partial charge on any atom is 0.174 e. The van der Waals surface area contributed by atoms with E-state index >= 15 is 0 Å². The quantitative estimate of drug-likeness (QED) is 0.330. The Hall–Kier alpha value is -3.51. The lowest BCUT2D eigenvalue weighted by molar-refractivity contribution is 0.565. The Morgan fingerprint density at radius 1 is 0.914 bits per heavy atom. The topological polar surface area (TPSA) is 46.0 Å². The van der Waals surface area contributed by atoms with Crippen molar-refractivity contribution in [3.8, 4) is 5.82 Å². The lowest BCUT2D eigenvalue weighted by Gasteiger charge is -2.28. The van der Waals surface area contributed by atoms with Gasteiger partial charge in [-0.3, -0.25) is 4.98 Å². The zero-order valence-corrected chi connectivity index (χ0v) is 21.7. The molecule has 0 radical (unpaired) electrons. The van der Waals surface area contributed by atoms with Gasteiger partial charge in [0.15, 0.2) is 5.11 Å². The molecule has 0 saturated carbocycles. The van der Waals surface area contributed by atoms with Crippen molar-refractivity contribution in [3.63, 3.8) is 0 Å². The van der Waals surface area contributed by atoms with Gasteiger partial charge in [-0.25, -0.2) is 4.98 Å². The molecular formula is C29H31N5S. The van der Waals surface area contributed by atoms with Crippen LogP contribution in [-0.2, 0) is 0 Å². The Kier molecular flexibility index (Phi) is 6.15. The number of hydrogen-bond donors (Lipinski definition) is 1. The van der Waals surface area contributed by atoms with E-state index in [0.717, 1.165) is 28.6 Å². The summed E-state index contributed by atoms with van der Waals surface area (Å²) in [6, 6.07) is 21.1. The standard InChI is InChI=1S/C29H31N5S/c1-18(2)22-9-11-23(12-10-22)34-28(27(32-29(34)35)25-8-6-7-14-30-25)24-17-20(4)33(21(24)5)26-16-19(3)13-15-31-26/h6-18,27-28H,1-5H3,(H,32,35)/t27-,28+/m1/s1. The summed E-state index contributed by atoms with van der Waals surface area (Å²) in [5.41, 5.74) is 8.06. The molecule has 1 aliphatic heterocycles. The van der Waals surface area contributed by atoms with Gasteiger partial charge in [0.25, 0.3) is 0 Å². The molecule has 0 amide bonds. The van der Waals surface area contributed by atoms with Crippen molar-refractivity contribution in [1.29, 1.82) is 0 Å². The molecule has 178 valence electrons. The average molecular weight is 482 g/mol. The van der Waals surface area contributed by atoms with Crippen LogP contribution in [0.3, 0.4) is 0 Å². The first-order valence-corrected chi connectivity index (χ1v) is 12.5. The number of thiocarbonyl (C=S) groups is 1. The lowest BCUT2D eigenvalue weighted by atomic mass is 9.96. The zero-order valence-electron chi connectivity index (χ0n) is 20.9. The molecule has 4 heterocycles. The van der Waals surface area contributed by atoms with E-state index in [1.807, 2.05) is 30.6 Å². The molecule has 5 rings (SSSR count). The summed E-state index contributed by atoms with van der Waals surface area (Å²) in [5.74, 6) is 1.41. The van der Waals surface area contributed by atoms with E-state index in [4.69, 9.17) is 17.2 Å². The van der Waals surface area contributed by atoms with Crippen LogP contribution in [0.25, 0.3) is 5.82 Å². The van der Waals surface area contributed by atoms with Crippen molar-refractivity contribution >= 4 is 23.0 Å². The van der Waals surface area contributed by atoms with Crippen LogP contribution < -0.4 is 10.2 Å². The summed E-state index contributed by atoms with van der Waals surface area (Å²) >= 11 is 5.92. The SMILES string of the molecule is Cc1ccnc(-n2c(C)cc([C@H]3[C@@H](c4ccccn4)NC(=S)N3c3ccc(C(C)C)cc3)c2C)c1. The monoisotopic (exact) mass is 481 g/mol. The van der Waals surface area contributed by atoms with Gasteiger partial charge in [-0.2, -0.15) is 0 Å². The van der Waals surface area contributed by atoms with E-state index in [-0.39, 0.29) is 12.1 Å². The maximum atomic E-state index is 5.92. The number of aromatic nitrogens is 3. The number of pyridine rings is 2. The third-order valence-electron chi connectivity index (χ3n) is 6.86. The minimum atomic E-state index is -0.0760. The van der Waals surface area contributed by atoms with Gasteiger partial charge in [0.05, 0.1) is 17.8 Å². The number of benzene rings is 1. The second kappa shape index (κ2) is 9.27. The molecule has 0 aliphatic carbocycles. The maximum absolute atomic E-state index is 5.92. The summed E-state index contributed by atoms with van der Waals surface area (Å²) in [6.07, 6.45) is 3.71. The third-order valence-corrected chi connectivity index (χ3v) is 7.17. The molecule has 1 fully saturated rings. The van der Waals surface area contributed by atoms with Gasteiger partial charge in [-0.15, -0.1) is 0 Å². The molecule has 0 unspecified atom stereocenters. The van der Waals surface area contributed by atoms with Gasteiger partial charge >= 0.3 is 0 Å². The van der Waals surface area contributed by atoms with Crippen molar-refractivity contribution in [1.82, 2.24) is 19.9 Å². The summed E-state index contributed by atoms with van der Waals surface area (Å²) in [7, 11) is 0. The number of nitrogens with one attached hydrogen (secondary N) is 1. The highest BCUT2D eigenvalue weighted by Crippen LogP contribution is 2.43. The van der Waals surface area contributed by atoms with Gasteiger partial charge in [0.1, 0.15) is 5.82 Å². The first kappa shape index (κ1) is 23.2. The number of aryl methyl sites for hydroxylation is 2. The lowest BCUT2D eigenvalue weighted by Crippen LogP contribution is -2.29. The fourth-order valence-corrected chi connectivity index (χ4v) is 5.40. The molecule has 1 saturated heterocycles. The molecule has 1 aliphatic rings.